The van der Waals surface area contributed by atoms with Crippen molar-refractivity contribution in [2.24, 2.45) is 5.92 Å². The Labute approximate surface area is 106 Å². The predicted molar refractivity (Wildman–Crippen MR) is 63.1 cm³/mol. The lowest BCUT2D eigenvalue weighted by atomic mass is 10.0. The molecule has 0 saturated heterocycles. The zero-order valence-corrected chi connectivity index (χ0v) is 10.4. The van der Waals surface area contributed by atoms with Crippen LogP contribution in [0.5, 0.6) is 0 Å². The third kappa shape index (κ3) is 5.34. The van der Waals surface area contributed by atoms with E-state index in [1.54, 1.807) is 6.92 Å². The second-order valence-electron chi connectivity index (χ2n) is 3.65. The zero-order valence-electron chi connectivity index (χ0n) is 9.54. The largest absolute Gasteiger partial charge is 0.481 e. The summed E-state index contributed by atoms with van der Waals surface area (Å²) in [5.74, 6) is -1.85. The van der Waals surface area contributed by atoms with Crippen LogP contribution in [0.4, 0.5) is 9.93 Å². The average molecular weight is 272 g/mol. The van der Waals surface area contributed by atoms with Gasteiger partial charge in [0.15, 0.2) is 0 Å². The molecule has 0 aliphatic heterocycles. The molecule has 0 bridgehead atoms. The molecule has 1 rings (SSSR count). The summed E-state index contributed by atoms with van der Waals surface area (Å²) in [6, 6.07) is -0.709. The van der Waals surface area contributed by atoms with Crippen LogP contribution < -0.4 is 10.6 Å². The minimum Gasteiger partial charge on any atom is -0.481 e. The van der Waals surface area contributed by atoms with E-state index in [9.17, 15) is 14.4 Å². The number of carboxylic acid groups (broad SMARTS) is 1. The number of anilines is 1. The summed E-state index contributed by atoms with van der Waals surface area (Å²) in [4.78, 5) is 33.1. The van der Waals surface area contributed by atoms with Gasteiger partial charge in [-0.25, -0.2) is 4.79 Å². The molecule has 9 heteroatoms. The molecule has 1 heterocycles. The fourth-order valence-corrected chi connectivity index (χ4v) is 1.66. The molecule has 1 aromatic rings. The van der Waals surface area contributed by atoms with Crippen LogP contribution in [0.15, 0.2) is 5.51 Å². The number of urea groups is 1. The van der Waals surface area contributed by atoms with Crippen LogP contribution in [-0.4, -0.2) is 33.2 Å². The summed E-state index contributed by atoms with van der Waals surface area (Å²) in [5.41, 5.74) is 1.44. The highest BCUT2D eigenvalue weighted by Gasteiger charge is 2.15. The van der Waals surface area contributed by atoms with Crippen molar-refractivity contribution in [1.29, 1.82) is 0 Å². The molecule has 0 spiro atoms. The molecule has 0 fully saturated rings. The number of nitrogens with zero attached hydrogens (tertiary/aromatic N) is 2. The van der Waals surface area contributed by atoms with Gasteiger partial charge in [-0.15, -0.1) is 10.2 Å². The molecule has 3 N–H and O–H groups in total. The Morgan fingerprint density at radius 3 is 2.72 bits per heavy atom. The molecule has 8 nitrogen and oxygen atoms in total. The Kier molecular flexibility index (Phi) is 5.18. The van der Waals surface area contributed by atoms with Gasteiger partial charge in [0, 0.05) is 12.8 Å². The highest BCUT2D eigenvalue weighted by atomic mass is 32.1. The van der Waals surface area contributed by atoms with Gasteiger partial charge in [-0.05, 0) is 5.92 Å². The van der Waals surface area contributed by atoms with E-state index in [0.29, 0.717) is 0 Å². The number of carbonyl (C=O) groups is 3. The molecule has 0 aliphatic carbocycles. The first kappa shape index (κ1) is 14.0. The molecule has 0 aliphatic rings. The van der Waals surface area contributed by atoms with E-state index in [1.165, 1.54) is 5.51 Å². The van der Waals surface area contributed by atoms with Gasteiger partial charge < -0.3 is 5.11 Å². The lowest BCUT2D eigenvalue weighted by Crippen LogP contribution is -2.35. The summed E-state index contributed by atoms with van der Waals surface area (Å²) < 4.78 is 0. The Bertz CT molecular complexity index is 434. The van der Waals surface area contributed by atoms with E-state index in [1.807, 2.05) is 0 Å². The van der Waals surface area contributed by atoms with Gasteiger partial charge in [0.25, 0.3) is 0 Å². The number of amides is 3. The second-order valence-corrected chi connectivity index (χ2v) is 4.49. The van der Waals surface area contributed by atoms with Gasteiger partial charge >= 0.3 is 12.0 Å². The molecule has 98 valence electrons. The standard InChI is InChI=1S/C9H12N4O4S/c1-5(3-7(15)16)2-6(14)11-8(17)12-9-13-10-4-18-9/h4-5H,2-3H2,1H3,(H,15,16)(H2,11,12,13,14,17). The van der Waals surface area contributed by atoms with Crippen LogP contribution in [0.2, 0.25) is 0 Å². The maximum atomic E-state index is 11.4. The third-order valence-electron chi connectivity index (χ3n) is 1.89. The minimum atomic E-state index is -0.978. The van der Waals surface area contributed by atoms with Crippen molar-refractivity contribution in [3.8, 4) is 0 Å². The number of nitrogens with one attached hydrogen (secondary N) is 2. The highest BCUT2D eigenvalue weighted by molar-refractivity contribution is 7.13. The van der Waals surface area contributed by atoms with Crippen molar-refractivity contribution in [2.45, 2.75) is 19.8 Å². The van der Waals surface area contributed by atoms with Gasteiger partial charge in [-0.2, -0.15) is 0 Å². The van der Waals surface area contributed by atoms with Gasteiger partial charge in [-0.3, -0.25) is 20.2 Å². The van der Waals surface area contributed by atoms with Crippen LogP contribution in [0.25, 0.3) is 0 Å². The molecule has 0 radical (unpaired) electrons. The number of aliphatic carboxylic acids is 1. The first-order valence-corrected chi connectivity index (χ1v) is 5.94. The fraction of sp³-hybridized carbons (Fsp3) is 0.444. The Balaban J connectivity index is 2.31. The molecule has 1 aromatic heterocycles. The number of carbonyl (C=O) groups excluding carboxylic acids is 2. The maximum Gasteiger partial charge on any atom is 0.327 e. The van der Waals surface area contributed by atoms with Crippen LogP contribution in [-0.2, 0) is 9.59 Å². The average Bonchev–Trinajstić information content (AvgIpc) is 2.67. The van der Waals surface area contributed by atoms with Crippen LogP contribution in [0.3, 0.4) is 0 Å². The van der Waals surface area contributed by atoms with Crippen molar-refractivity contribution < 1.29 is 19.5 Å². The van der Waals surface area contributed by atoms with Crippen molar-refractivity contribution in [3.63, 3.8) is 0 Å². The molecule has 1 unspecified atom stereocenters. The van der Waals surface area contributed by atoms with Crippen molar-refractivity contribution >= 4 is 34.4 Å². The van der Waals surface area contributed by atoms with E-state index in [0.717, 1.165) is 11.3 Å². The first-order valence-electron chi connectivity index (χ1n) is 5.06. The van der Waals surface area contributed by atoms with Gasteiger partial charge in [0.2, 0.25) is 11.0 Å². The minimum absolute atomic E-state index is 0.0319. The smallest absolute Gasteiger partial charge is 0.327 e. The zero-order chi connectivity index (χ0) is 13.5. The third-order valence-corrected chi connectivity index (χ3v) is 2.50. The van der Waals surface area contributed by atoms with Gasteiger partial charge in [0.1, 0.15) is 5.51 Å². The summed E-state index contributed by atoms with van der Waals surface area (Å²) in [7, 11) is 0. The predicted octanol–water partition coefficient (Wildman–Crippen LogP) is 0.687. The number of hydrogen-bond acceptors (Lipinski definition) is 6. The van der Waals surface area contributed by atoms with Crippen molar-refractivity contribution in [3.05, 3.63) is 5.51 Å². The number of imide groups is 1. The van der Waals surface area contributed by atoms with Gasteiger partial charge in [0.05, 0.1) is 0 Å². The van der Waals surface area contributed by atoms with E-state index >= 15 is 0 Å². The number of carboxylic acids is 1. The normalized spacial score (nSPS) is 11.6. The van der Waals surface area contributed by atoms with Crippen molar-refractivity contribution in [1.82, 2.24) is 15.5 Å². The van der Waals surface area contributed by atoms with Crippen LogP contribution in [0.1, 0.15) is 19.8 Å². The van der Waals surface area contributed by atoms with Crippen LogP contribution in [0, 0.1) is 5.92 Å². The van der Waals surface area contributed by atoms with Crippen molar-refractivity contribution in [2.75, 3.05) is 5.32 Å². The quantitative estimate of drug-likeness (QED) is 0.725. The second kappa shape index (κ2) is 6.64. The lowest BCUT2D eigenvalue weighted by Gasteiger charge is -2.08. The van der Waals surface area contributed by atoms with Gasteiger partial charge in [-0.1, -0.05) is 18.3 Å². The first-order chi connectivity index (χ1) is 8.47. The van der Waals surface area contributed by atoms with E-state index in [2.05, 4.69) is 20.8 Å². The molecule has 3 amide bonds. The maximum absolute atomic E-state index is 11.4. The van der Waals surface area contributed by atoms with E-state index in [4.69, 9.17) is 5.11 Å². The monoisotopic (exact) mass is 272 g/mol. The molecular formula is C9H12N4O4S. The Hall–Kier alpha value is -2.03. The Morgan fingerprint density at radius 2 is 2.17 bits per heavy atom. The summed E-state index contributed by atoms with van der Waals surface area (Å²) in [6.07, 6.45) is -0.152. The lowest BCUT2D eigenvalue weighted by molar-refractivity contribution is -0.138. The number of aromatic nitrogens is 2. The highest BCUT2D eigenvalue weighted by Crippen LogP contribution is 2.08. The topological polar surface area (TPSA) is 121 Å². The number of rotatable bonds is 5. The van der Waals surface area contributed by atoms with Crippen LogP contribution >= 0.6 is 11.3 Å². The molecule has 1 atom stereocenters. The fourth-order valence-electron chi connectivity index (χ4n) is 1.22. The SMILES string of the molecule is CC(CC(=O)O)CC(=O)NC(=O)Nc1nncs1. The summed E-state index contributed by atoms with van der Waals surface area (Å²) in [6.45, 7) is 1.62. The van der Waals surface area contributed by atoms with E-state index < -0.39 is 17.9 Å². The Morgan fingerprint density at radius 1 is 1.44 bits per heavy atom. The molecule has 18 heavy (non-hydrogen) atoms. The van der Waals surface area contributed by atoms with E-state index in [-0.39, 0.29) is 23.9 Å². The summed E-state index contributed by atoms with van der Waals surface area (Å²) >= 11 is 1.12. The summed E-state index contributed by atoms with van der Waals surface area (Å²) in [5, 5.41) is 20.3. The molecule has 0 aromatic carbocycles. The number of hydrogen-bond donors (Lipinski definition) is 3. The molecule has 0 saturated carbocycles. The molecular weight excluding hydrogens is 260 g/mol.